The van der Waals surface area contributed by atoms with Crippen molar-refractivity contribution in [2.75, 3.05) is 6.54 Å². The van der Waals surface area contributed by atoms with Crippen molar-refractivity contribution in [3.05, 3.63) is 34.3 Å². The number of piperidine rings is 1. The highest BCUT2D eigenvalue weighted by molar-refractivity contribution is 9.10. The van der Waals surface area contributed by atoms with Gasteiger partial charge in [-0.3, -0.25) is 4.79 Å². The Bertz CT molecular complexity index is 574. The number of aliphatic carboxylic acids is 1. The Balaban J connectivity index is 1.70. The van der Waals surface area contributed by atoms with Crippen molar-refractivity contribution >= 4 is 27.8 Å². The van der Waals surface area contributed by atoms with E-state index in [1.165, 1.54) is 0 Å². The van der Waals surface area contributed by atoms with Crippen molar-refractivity contribution in [1.29, 1.82) is 0 Å². The lowest BCUT2D eigenvalue weighted by Gasteiger charge is -2.33. The fraction of sp³-hybridized carbons (Fsp3) is 0.500. The van der Waals surface area contributed by atoms with E-state index in [0.29, 0.717) is 13.0 Å². The number of benzene rings is 1. The van der Waals surface area contributed by atoms with E-state index in [1.807, 2.05) is 24.3 Å². The van der Waals surface area contributed by atoms with Gasteiger partial charge in [0.25, 0.3) is 0 Å². The summed E-state index contributed by atoms with van der Waals surface area (Å²) in [6.07, 6.45) is 3.21. The van der Waals surface area contributed by atoms with Gasteiger partial charge in [0, 0.05) is 16.9 Å². The minimum absolute atomic E-state index is 0.0204. The van der Waals surface area contributed by atoms with Gasteiger partial charge in [0.15, 0.2) is 0 Å². The van der Waals surface area contributed by atoms with Gasteiger partial charge in [-0.2, -0.15) is 0 Å². The molecule has 112 valence electrons. The standard InChI is InChI=1S/C16H18BrNO3/c17-11-5-3-4-10(8-11)12-9-13(12)15(19)18-7-2-1-6-14(18)16(20)21/h3-5,8,12-14H,1-2,6-7,9H2,(H,20,21). The maximum absolute atomic E-state index is 12.6. The van der Waals surface area contributed by atoms with Crippen molar-refractivity contribution in [2.24, 2.45) is 5.92 Å². The van der Waals surface area contributed by atoms with Crippen LogP contribution in [0.2, 0.25) is 0 Å². The minimum Gasteiger partial charge on any atom is -0.480 e. The molecule has 2 aliphatic rings. The lowest BCUT2D eigenvalue weighted by atomic mass is 10.0. The number of likely N-dealkylation sites (tertiary alicyclic amines) is 1. The molecule has 1 amide bonds. The summed E-state index contributed by atoms with van der Waals surface area (Å²) in [4.78, 5) is 25.5. The number of hydrogen-bond donors (Lipinski definition) is 1. The van der Waals surface area contributed by atoms with E-state index in [0.717, 1.165) is 29.3 Å². The third-order valence-electron chi connectivity index (χ3n) is 4.46. The Morgan fingerprint density at radius 1 is 1.29 bits per heavy atom. The fourth-order valence-corrected chi connectivity index (χ4v) is 3.66. The van der Waals surface area contributed by atoms with Gasteiger partial charge in [-0.1, -0.05) is 28.1 Å². The molecule has 1 aromatic carbocycles. The largest absolute Gasteiger partial charge is 0.480 e. The van der Waals surface area contributed by atoms with Crippen molar-refractivity contribution in [3.8, 4) is 0 Å². The lowest BCUT2D eigenvalue weighted by Crippen LogP contribution is -2.48. The summed E-state index contributed by atoms with van der Waals surface area (Å²) in [5.74, 6) is -0.652. The van der Waals surface area contributed by atoms with Crippen LogP contribution in [0.25, 0.3) is 0 Å². The average Bonchev–Trinajstić information content (AvgIpc) is 3.27. The van der Waals surface area contributed by atoms with Crippen molar-refractivity contribution in [1.82, 2.24) is 4.90 Å². The topological polar surface area (TPSA) is 57.6 Å². The van der Waals surface area contributed by atoms with Crippen LogP contribution < -0.4 is 0 Å². The zero-order chi connectivity index (χ0) is 15.0. The van der Waals surface area contributed by atoms with Gasteiger partial charge in [0.05, 0.1) is 0 Å². The maximum atomic E-state index is 12.6. The molecule has 4 nitrogen and oxygen atoms in total. The van der Waals surface area contributed by atoms with Crippen molar-refractivity contribution in [3.63, 3.8) is 0 Å². The summed E-state index contributed by atoms with van der Waals surface area (Å²) < 4.78 is 1.01. The molecule has 0 bridgehead atoms. The highest BCUT2D eigenvalue weighted by Gasteiger charge is 2.48. The van der Waals surface area contributed by atoms with Crippen LogP contribution in [0.3, 0.4) is 0 Å². The first-order valence-corrected chi connectivity index (χ1v) is 8.16. The Kier molecular flexibility index (Phi) is 4.02. The summed E-state index contributed by atoms with van der Waals surface area (Å²) in [6, 6.07) is 7.39. The first-order valence-electron chi connectivity index (χ1n) is 7.36. The van der Waals surface area contributed by atoms with Gasteiger partial charge in [-0.05, 0) is 49.3 Å². The number of nitrogens with zero attached hydrogens (tertiary/aromatic N) is 1. The van der Waals surface area contributed by atoms with E-state index >= 15 is 0 Å². The summed E-state index contributed by atoms with van der Waals surface area (Å²) >= 11 is 3.45. The summed E-state index contributed by atoms with van der Waals surface area (Å²) in [7, 11) is 0. The zero-order valence-corrected chi connectivity index (χ0v) is 13.3. The molecular weight excluding hydrogens is 334 g/mol. The SMILES string of the molecule is O=C(O)C1CCCCN1C(=O)C1CC1c1cccc(Br)c1. The molecule has 3 rings (SSSR count). The first-order chi connectivity index (χ1) is 10.1. The predicted octanol–water partition coefficient (Wildman–Crippen LogP) is 3.02. The van der Waals surface area contributed by atoms with E-state index in [4.69, 9.17) is 0 Å². The molecule has 2 fully saturated rings. The third-order valence-corrected chi connectivity index (χ3v) is 4.95. The van der Waals surface area contributed by atoms with Crippen LogP contribution >= 0.6 is 15.9 Å². The van der Waals surface area contributed by atoms with Gasteiger partial charge < -0.3 is 10.0 Å². The van der Waals surface area contributed by atoms with Crippen LogP contribution in [0.1, 0.15) is 37.2 Å². The van der Waals surface area contributed by atoms with E-state index in [2.05, 4.69) is 15.9 Å². The molecule has 5 heteroatoms. The quantitative estimate of drug-likeness (QED) is 0.910. The molecule has 1 aliphatic heterocycles. The smallest absolute Gasteiger partial charge is 0.326 e. The summed E-state index contributed by atoms with van der Waals surface area (Å²) in [5.41, 5.74) is 1.16. The zero-order valence-electron chi connectivity index (χ0n) is 11.7. The van der Waals surface area contributed by atoms with Crippen LogP contribution in [0.15, 0.2) is 28.7 Å². The Labute approximate surface area is 132 Å². The van der Waals surface area contributed by atoms with E-state index in [1.54, 1.807) is 4.90 Å². The minimum atomic E-state index is -0.872. The van der Waals surface area contributed by atoms with Crippen molar-refractivity contribution in [2.45, 2.75) is 37.6 Å². The lowest BCUT2D eigenvalue weighted by molar-refractivity contribution is -0.152. The van der Waals surface area contributed by atoms with Gasteiger partial charge in [-0.25, -0.2) is 4.79 Å². The van der Waals surface area contributed by atoms with Crippen LogP contribution in [0.4, 0.5) is 0 Å². The second-order valence-electron chi connectivity index (χ2n) is 5.89. The van der Waals surface area contributed by atoms with Crippen LogP contribution in [-0.2, 0) is 9.59 Å². The predicted molar refractivity (Wildman–Crippen MR) is 82.0 cm³/mol. The molecule has 1 aromatic rings. The molecule has 3 unspecified atom stereocenters. The number of carboxylic acid groups (broad SMARTS) is 1. The maximum Gasteiger partial charge on any atom is 0.326 e. The van der Waals surface area contributed by atoms with Gasteiger partial charge in [0.1, 0.15) is 6.04 Å². The highest BCUT2D eigenvalue weighted by Crippen LogP contribution is 2.49. The molecule has 21 heavy (non-hydrogen) atoms. The van der Waals surface area contributed by atoms with Crippen LogP contribution in [0, 0.1) is 5.92 Å². The van der Waals surface area contributed by atoms with E-state index in [9.17, 15) is 14.7 Å². The van der Waals surface area contributed by atoms with Gasteiger partial charge in [-0.15, -0.1) is 0 Å². The fourth-order valence-electron chi connectivity index (χ4n) is 3.24. The number of carboxylic acids is 1. The third kappa shape index (κ3) is 2.98. The molecule has 3 atom stereocenters. The Morgan fingerprint density at radius 3 is 2.81 bits per heavy atom. The molecule has 1 aliphatic carbocycles. The van der Waals surface area contributed by atoms with Crippen LogP contribution in [0.5, 0.6) is 0 Å². The second-order valence-corrected chi connectivity index (χ2v) is 6.80. The molecule has 0 radical (unpaired) electrons. The van der Waals surface area contributed by atoms with E-state index < -0.39 is 12.0 Å². The molecule has 1 saturated carbocycles. The first kappa shape index (κ1) is 14.6. The Hall–Kier alpha value is -1.36. The number of halogens is 1. The monoisotopic (exact) mass is 351 g/mol. The molecule has 1 saturated heterocycles. The number of hydrogen-bond acceptors (Lipinski definition) is 2. The van der Waals surface area contributed by atoms with Gasteiger partial charge in [0.2, 0.25) is 5.91 Å². The molecular formula is C16H18BrNO3. The molecule has 0 aromatic heterocycles. The molecule has 1 N–H and O–H groups in total. The second kappa shape index (κ2) is 5.79. The average molecular weight is 352 g/mol. The summed E-state index contributed by atoms with van der Waals surface area (Å²) in [5, 5.41) is 9.28. The van der Waals surface area contributed by atoms with E-state index in [-0.39, 0.29) is 17.7 Å². The summed E-state index contributed by atoms with van der Waals surface area (Å²) in [6.45, 7) is 0.581. The van der Waals surface area contributed by atoms with Crippen LogP contribution in [-0.4, -0.2) is 34.5 Å². The molecule has 1 heterocycles. The number of rotatable bonds is 3. The highest BCUT2D eigenvalue weighted by atomic mass is 79.9. The number of carbonyl (C=O) groups is 2. The number of amides is 1. The Morgan fingerprint density at radius 2 is 2.10 bits per heavy atom. The van der Waals surface area contributed by atoms with Crippen molar-refractivity contribution < 1.29 is 14.7 Å². The normalized spacial score (nSPS) is 28.2. The molecule has 0 spiro atoms. The van der Waals surface area contributed by atoms with Gasteiger partial charge >= 0.3 is 5.97 Å². The number of carbonyl (C=O) groups excluding carboxylic acids is 1.